The molecule has 2 aromatic carbocycles. The van der Waals surface area contributed by atoms with Gasteiger partial charge in [0.05, 0.1) is 32.1 Å². The first-order chi connectivity index (χ1) is 38.2. The average Bonchev–Trinajstić information content (AvgIpc) is 4.46. The largest absolute Gasteiger partial charge is 0.338 e. The van der Waals surface area contributed by atoms with Gasteiger partial charge in [0.1, 0.15) is 0 Å². The van der Waals surface area contributed by atoms with Gasteiger partial charge in [-0.25, -0.2) is 0 Å². The average molecular weight is 1160 g/mol. The number of hydrogen-bond acceptors (Lipinski definition) is 4. The predicted octanol–water partition coefficient (Wildman–Crippen LogP) is 25.9. The standard InChI is InChI=1S/C70H96Cl2N2S4/c1-9-17-23-27-33-51-41-65(77-69(51)63-39-37-53(75-63)35-29-25-19-11-3)55-45-61-57(43-59(55)71)67-68(73(61)47-49(15-7)31-21-13-5)58-44-60(72)56(46-62(58)74(67)48-50(16-8)32-22-14-6)66-42-52(34-28-24-18-10-2)70(78-66)64-40-38-54(76-64)36-30-26-20-12-4/h37-46,49-50H,9-36,47-48H2,1-8H3. The number of fused-ring (bicyclic) bond motifs is 5. The van der Waals surface area contributed by atoms with E-state index in [1.54, 1.807) is 0 Å². The van der Waals surface area contributed by atoms with Gasteiger partial charge in [-0.05, 0) is 148 Å². The van der Waals surface area contributed by atoms with Crippen LogP contribution < -0.4 is 0 Å². The fraction of sp³-hybridized carbons (Fsp3) is 0.571. The molecular formula is C70H96Cl2N2S4. The quantitative estimate of drug-likeness (QED) is 0.0347. The number of nitrogens with zero attached hydrogens (tertiary/aromatic N) is 2. The van der Waals surface area contributed by atoms with E-state index in [2.05, 4.69) is 125 Å². The van der Waals surface area contributed by atoms with Crippen LogP contribution in [0.3, 0.4) is 0 Å². The van der Waals surface area contributed by atoms with Crippen LogP contribution in [0.15, 0.2) is 60.7 Å². The summed E-state index contributed by atoms with van der Waals surface area (Å²) in [5, 5.41) is 4.27. The summed E-state index contributed by atoms with van der Waals surface area (Å²) in [5.74, 6) is 1.13. The fourth-order valence-corrected chi connectivity index (χ4v) is 17.7. The lowest BCUT2D eigenvalue weighted by atomic mass is 9.99. The minimum Gasteiger partial charge on any atom is -0.338 e. The number of halogens is 2. The summed E-state index contributed by atoms with van der Waals surface area (Å²) < 4.78 is 5.49. The third-order valence-electron chi connectivity index (χ3n) is 17.1. The van der Waals surface area contributed by atoms with Crippen LogP contribution in [0.4, 0.5) is 0 Å². The third kappa shape index (κ3) is 15.0. The van der Waals surface area contributed by atoms with Crippen molar-refractivity contribution in [3.63, 3.8) is 0 Å². The normalized spacial score (nSPS) is 12.9. The molecular weight excluding hydrogens is 1070 g/mol. The number of hydrogen-bond donors (Lipinski definition) is 0. The van der Waals surface area contributed by atoms with Crippen LogP contribution in [0.25, 0.3) is 73.2 Å². The number of unbranched alkanes of at least 4 members (excludes halogenated alkanes) is 14. The molecule has 8 heteroatoms. The summed E-state index contributed by atoms with van der Waals surface area (Å²) in [7, 11) is 0. The van der Waals surface area contributed by atoms with E-state index in [0.717, 1.165) is 48.8 Å². The first-order valence-electron chi connectivity index (χ1n) is 31.6. The summed E-state index contributed by atoms with van der Waals surface area (Å²) in [6, 6.07) is 24.5. The van der Waals surface area contributed by atoms with Crippen LogP contribution in [0.1, 0.15) is 230 Å². The van der Waals surface area contributed by atoms with Crippen molar-refractivity contribution >= 4 is 101 Å². The molecule has 0 saturated heterocycles. The first-order valence-corrected chi connectivity index (χ1v) is 35.6. The van der Waals surface area contributed by atoms with Crippen molar-refractivity contribution in [3.8, 4) is 40.4 Å². The first kappa shape index (κ1) is 61.2. The fourth-order valence-electron chi connectivity index (χ4n) is 12.2. The highest BCUT2D eigenvalue weighted by atomic mass is 35.5. The van der Waals surface area contributed by atoms with Gasteiger partial charge in [-0.1, -0.05) is 194 Å². The molecule has 0 bridgehead atoms. The molecule has 8 aromatic rings. The Balaban J connectivity index is 1.30. The second-order valence-corrected chi connectivity index (χ2v) is 28.4. The van der Waals surface area contributed by atoms with Gasteiger partial charge in [0.25, 0.3) is 0 Å². The van der Waals surface area contributed by atoms with Gasteiger partial charge in [-0.2, -0.15) is 0 Å². The van der Waals surface area contributed by atoms with Crippen molar-refractivity contribution in [2.24, 2.45) is 11.8 Å². The molecule has 0 amide bonds. The molecule has 2 unspecified atom stereocenters. The number of aromatic nitrogens is 2. The van der Waals surface area contributed by atoms with Crippen molar-refractivity contribution in [2.45, 2.75) is 248 Å². The van der Waals surface area contributed by atoms with Crippen LogP contribution in [0.2, 0.25) is 10.0 Å². The number of aryl methyl sites for hydroxylation is 4. The van der Waals surface area contributed by atoms with Crippen molar-refractivity contribution in [2.75, 3.05) is 0 Å². The maximum atomic E-state index is 7.80. The lowest BCUT2D eigenvalue weighted by Gasteiger charge is -2.18. The minimum absolute atomic E-state index is 0.566. The lowest BCUT2D eigenvalue weighted by Crippen LogP contribution is -2.10. The molecule has 0 N–H and O–H groups in total. The summed E-state index contributed by atoms with van der Waals surface area (Å²) in [4.78, 5) is 11.4. The molecule has 0 aliphatic heterocycles. The molecule has 424 valence electrons. The molecule has 8 rings (SSSR count). The summed E-state index contributed by atoms with van der Waals surface area (Å²) in [6.45, 7) is 20.7. The maximum Gasteiger partial charge on any atom is 0.0754 e. The third-order valence-corrected chi connectivity index (χ3v) is 22.8. The van der Waals surface area contributed by atoms with E-state index in [-0.39, 0.29) is 0 Å². The van der Waals surface area contributed by atoms with Gasteiger partial charge in [0.2, 0.25) is 0 Å². The van der Waals surface area contributed by atoms with Crippen molar-refractivity contribution in [1.29, 1.82) is 0 Å². The van der Waals surface area contributed by atoms with Crippen LogP contribution >= 0.6 is 68.5 Å². The zero-order valence-corrected chi connectivity index (χ0v) is 54.2. The molecule has 2 atom stereocenters. The van der Waals surface area contributed by atoms with Crippen LogP contribution in [-0.4, -0.2) is 9.13 Å². The van der Waals surface area contributed by atoms with Gasteiger partial charge >= 0.3 is 0 Å². The van der Waals surface area contributed by atoms with Gasteiger partial charge in [-0.3, -0.25) is 0 Å². The number of thiophene rings is 4. The lowest BCUT2D eigenvalue weighted by molar-refractivity contribution is 0.399. The van der Waals surface area contributed by atoms with Crippen LogP contribution in [-0.2, 0) is 38.8 Å². The zero-order valence-electron chi connectivity index (χ0n) is 49.4. The van der Waals surface area contributed by atoms with Gasteiger partial charge in [0, 0.05) is 74.0 Å². The molecule has 6 aromatic heterocycles. The van der Waals surface area contributed by atoms with Crippen LogP contribution in [0.5, 0.6) is 0 Å². The predicted molar refractivity (Wildman–Crippen MR) is 356 cm³/mol. The monoisotopic (exact) mass is 1160 g/mol. The van der Waals surface area contributed by atoms with Crippen LogP contribution in [0, 0.1) is 11.8 Å². The Labute approximate surface area is 498 Å². The Morgan fingerprint density at radius 2 is 0.756 bits per heavy atom. The SMILES string of the molecule is CCCCCCc1ccc(-c2sc(-c3cc4c(cc3Cl)c3c(c5cc(Cl)c(-c6cc(CCCCCC)c(-c7ccc(CCCCCC)s7)s6)cc5n3CC(CC)CCCC)n4CC(CC)CCCC)cc2CCCCCC)s1. The van der Waals surface area contributed by atoms with Gasteiger partial charge in [0.15, 0.2) is 0 Å². The molecule has 0 saturated carbocycles. The van der Waals surface area contributed by atoms with Crippen molar-refractivity contribution < 1.29 is 0 Å². The van der Waals surface area contributed by atoms with Gasteiger partial charge in [-0.15, -0.1) is 45.3 Å². The molecule has 0 aliphatic carbocycles. The van der Waals surface area contributed by atoms with E-state index in [4.69, 9.17) is 23.2 Å². The van der Waals surface area contributed by atoms with Crippen molar-refractivity contribution in [1.82, 2.24) is 9.13 Å². The maximum absolute atomic E-state index is 7.80. The Kier molecular flexibility index (Phi) is 24.3. The Morgan fingerprint density at radius 3 is 1.12 bits per heavy atom. The topological polar surface area (TPSA) is 9.86 Å². The van der Waals surface area contributed by atoms with E-state index < -0.39 is 0 Å². The number of benzene rings is 2. The van der Waals surface area contributed by atoms with E-state index in [1.807, 2.05) is 45.3 Å². The summed E-state index contributed by atoms with van der Waals surface area (Å²) in [5.41, 5.74) is 10.6. The molecule has 78 heavy (non-hydrogen) atoms. The molecule has 0 spiro atoms. The second kappa shape index (κ2) is 31.0. The Bertz CT molecular complexity index is 2890. The zero-order chi connectivity index (χ0) is 55.0. The minimum atomic E-state index is 0.566. The molecule has 0 aliphatic rings. The smallest absolute Gasteiger partial charge is 0.0754 e. The highest BCUT2D eigenvalue weighted by Crippen LogP contribution is 2.50. The molecule has 0 fully saturated rings. The highest BCUT2D eigenvalue weighted by Gasteiger charge is 2.28. The highest BCUT2D eigenvalue weighted by molar-refractivity contribution is 7.24. The molecule has 6 heterocycles. The Hall–Kier alpha value is -2.84. The van der Waals surface area contributed by atoms with Crippen molar-refractivity contribution in [3.05, 3.63) is 91.6 Å². The summed E-state index contributed by atoms with van der Waals surface area (Å²) in [6.07, 6.45) is 34.8. The second-order valence-electron chi connectivity index (χ2n) is 23.2. The van der Waals surface area contributed by atoms with Gasteiger partial charge < -0.3 is 9.13 Å². The Morgan fingerprint density at radius 1 is 0.385 bits per heavy atom. The molecule has 2 nitrogen and oxygen atoms in total. The molecule has 0 radical (unpaired) electrons. The van der Waals surface area contributed by atoms with E-state index >= 15 is 0 Å². The van der Waals surface area contributed by atoms with E-state index in [0.29, 0.717) is 11.8 Å². The van der Waals surface area contributed by atoms with E-state index in [9.17, 15) is 0 Å². The van der Waals surface area contributed by atoms with E-state index in [1.165, 1.54) is 248 Å². The summed E-state index contributed by atoms with van der Waals surface area (Å²) >= 11 is 23.6. The number of rotatable bonds is 36.